The van der Waals surface area contributed by atoms with Crippen molar-refractivity contribution in [2.75, 3.05) is 24.6 Å². The monoisotopic (exact) mass is 331 g/mol. The molecule has 0 saturated carbocycles. The van der Waals surface area contributed by atoms with E-state index in [4.69, 9.17) is 20.9 Å². The van der Waals surface area contributed by atoms with Crippen molar-refractivity contribution in [2.45, 2.75) is 13.0 Å². The highest BCUT2D eigenvalue weighted by Gasteiger charge is 2.27. The van der Waals surface area contributed by atoms with Gasteiger partial charge in [-0.05, 0) is 18.2 Å². The number of hydrogen-bond donors (Lipinski definition) is 0. The number of aryl methyl sites for hydroxylation is 1. The molecule has 3 heterocycles. The minimum Gasteiger partial charge on any atom is -0.366 e. The minimum atomic E-state index is -0.237. The molecular weight excluding hydrogens is 318 g/mol. The Morgan fingerprint density at radius 1 is 1.30 bits per heavy atom. The maximum atomic E-state index is 6.04. The smallest absolute Gasteiger partial charge is 0.223 e. The third kappa shape index (κ3) is 2.73. The number of nitrogens with zero attached hydrogens (tertiary/aromatic N) is 5. The van der Waals surface area contributed by atoms with Crippen LogP contribution in [0.1, 0.15) is 17.8 Å². The summed E-state index contributed by atoms with van der Waals surface area (Å²) in [4.78, 5) is 15.1. The van der Waals surface area contributed by atoms with Gasteiger partial charge in [0.05, 0.1) is 18.7 Å². The highest BCUT2D eigenvalue weighted by atomic mass is 35.5. The quantitative estimate of drug-likeness (QED) is 0.714. The Morgan fingerprint density at radius 3 is 3.04 bits per heavy atom. The van der Waals surface area contributed by atoms with Gasteiger partial charge in [-0.1, -0.05) is 16.8 Å². The fourth-order valence-corrected chi connectivity index (χ4v) is 2.88. The van der Waals surface area contributed by atoms with Gasteiger partial charge in [0.1, 0.15) is 18.2 Å². The van der Waals surface area contributed by atoms with E-state index in [0.29, 0.717) is 29.9 Å². The predicted molar refractivity (Wildman–Crippen MR) is 84.5 cm³/mol. The second-order valence-electron chi connectivity index (χ2n) is 5.34. The zero-order valence-corrected chi connectivity index (χ0v) is 13.2. The summed E-state index contributed by atoms with van der Waals surface area (Å²) >= 11 is 6.04. The number of hydrogen-bond acceptors (Lipinski definition) is 7. The molecule has 8 heteroatoms. The van der Waals surface area contributed by atoms with Crippen LogP contribution in [0.3, 0.4) is 0 Å². The van der Waals surface area contributed by atoms with E-state index < -0.39 is 0 Å². The molecule has 0 radical (unpaired) electrons. The van der Waals surface area contributed by atoms with E-state index in [0.717, 1.165) is 23.3 Å². The lowest BCUT2D eigenvalue weighted by Gasteiger charge is -2.32. The van der Waals surface area contributed by atoms with Gasteiger partial charge in [0.25, 0.3) is 0 Å². The Morgan fingerprint density at radius 2 is 2.22 bits per heavy atom. The summed E-state index contributed by atoms with van der Waals surface area (Å²) in [7, 11) is 0. The summed E-state index contributed by atoms with van der Waals surface area (Å²) in [5.41, 5.74) is 0.820. The maximum absolute atomic E-state index is 6.04. The summed E-state index contributed by atoms with van der Waals surface area (Å²) in [6, 6.07) is 5.62. The molecule has 1 aromatic carbocycles. The SMILES string of the molecule is Cc1nc([C@H]2CN(c3ncnc4cc(Cl)ccc34)CCO2)no1. The number of halogens is 1. The van der Waals surface area contributed by atoms with Gasteiger partial charge in [0, 0.05) is 23.9 Å². The predicted octanol–water partition coefficient (Wildman–Crippen LogP) is 2.55. The molecule has 0 bridgehead atoms. The molecule has 2 aromatic heterocycles. The normalized spacial score (nSPS) is 18.5. The summed E-state index contributed by atoms with van der Waals surface area (Å²) < 4.78 is 10.8. The lowest BCUT2D eigenvalue weighted by Crippen LogP contribution is -2.39. The van der Waals surface area contributed by atoms with Crippen LogP contribution in [0, 0.1) is 6.92 Å². The molecule has 0 unspecified atom stereocenters. The molecule has 1 aliphatic rings. The molecule has 0 spiro atoms. The molecule has 118 valence electrons. The van der Waals surface area contributed by atoms with Gasteiger partial charge < -0.3 is 14.2 Å². The van der Waals surface area contributed by atoms with E-state index in [9.17, 15) is 0 Å². The van der Waals surface area contributed by atoms with E-state index in [1.807, 2.05) is 18.2 Å². The second-order valence-corrected chi connectivity index (χ2v) is 5.77. The Balaban J connectivity index is 1.67. The van der Waals surface area contributed by atoms with Crippen LogP contribution in [0.2, 0.25) is 5.02 Å². The molecule has 0 amide bonds. The van der Waals surface area contributed by atoms with Gasteiger partial charge in [-0.25, -0.2) is 9.97 Å². The number of benzene rings is 1. The Kier molecular flexibility index (Phi) is 3.59. The van der Waals surface area contributed by atoms with Crippen LogP contribution in [-0.4, -0.2) is 39.8 Å². The summed E-state index contributed by atoms with van der Waals surface area (Å²) in [6.45, 7) is 3.67. The lowest BCUT2D eigenvalue weighted by atomic mass is 10.2. The molecule has 1 atom stereocenters. The Labute approximate surface area is 137 Å². The van der Waals surface area contributed by atoms with E-state index in [1.54, 1.807) is 13.3 Å². The van der Waals surface area contributed by atoms with Crippen LogP contribution in [0.15, 0.2) is 29.0 Å². The topological polar surface area (TPSA) is 77.2 Å². The summed E-state index contributed by atoms with van der Waals surface area (Å²) in [5.74, 6) is 1.96. The van der Waals surface area contributed by atoms with Crippen molar-refractivity contribution in [3.63, 3.8) is 0 Å². The third-order valence-electron chi connectivity index (χ3n) is 3.77. The van der Waals surface area contributed by atoms with Crippen molar-refractivity contribution in [1.82, 2.24) is 20.1 Å². The van der Waals surface area contributed by atoms with E-state index >= 15 is 0 Å². The van der Waals surface area contributed by atoms with Crippen molar-refractivity contribution in [1.29, 1.82) is 0 Å². The number of rotatable bonds is 2. The number of ether oxygens (including phenoxy) is 1. The lowest BCUT2D eigenvalue weighted by molar-refractivity contribution is 0.0324. The zero-order chi connectivity index (χ0) is 15.8. The fraction of sp³-hybridized carbons (Fsp3) is 0.333. The van der Waals surface area contributed by atoms with Crippen LogP contribution in [0.25, 0.3) is 10.9 Å². The molecule has 1 fully saturated rings. The number of anilines is 1. The summed E-state index contributed by atoms with van der Waals surface area (Å²) in [5, 5.41) is 5.57. The molecule has 3 aromatic rings. The average molecular weight is 332 g/mol. The molecule has 1 aliphatic heterocycles. The molecule has 0 N–H and O–H groups in total. The van der Waals surface area contributed by atoms with Crippen molar-refractivity contribution < 1.29 is 9.26 Å². The van der Waals surface area contributed by atoms with E-state index in [1.165, 1.54) is 0 Å². The van der Waals surface area contributed by atoms with Crippen molar-refractivity contribution in [3.8, 4) is 0 Å². The largest absolute Gasteiger partial charge is 0.366 e. The fourth-order valence-electron chi connectivity index (χ4n) is 2.71. The molecule has 7 nitrogen and oxygen atoms in total. The number of aromatic nitrogens is 4. The summed E-state index contributed by atoms with van der Waals surface area (Å²) in [6.07, 6.45) is 1.32. The van der Waals surface area contributed by atoms with Crippen LogP contribution in [-0.2, 0) is 4.74 Å². The Hall–Kier alpha value is -2.25. The first-order valence-electron chi connectivity index (χ1n) is 7.28. The third-order valence-corrected chi connectivity index (χ3v) is 4.01. The second kappa shape index (κ2) is 5.75. The van der Waals surface area contributed by atoms with Crippen LogP contribution in [0.4, 0.5) is 5.82 Å². The van der Waals surface area contributed by atoms with E-state index in [-0.39, 0.29) is 6.10 Å². The first kappa shape index (κ1) is 14.3. The van der Waals surface area contributed by atoms with Crippen molar-refractivity contribution in [3.05, 3.63) is 41.3 Å². The van der Waals surface area contributed by atoms with Crippen LogP contribution < -0.4 is 4.90 Å². The van der Waals surface area contributed by atoms with Gasteiger partial charge in [-0.15, -0.1) is 0 Å². The maximum Gasteiger partial charge on any atom is 0.223 e. The molecular formula is C15H14ClN5O2. The highest BCUT2D eigenvalue weighted by molar-refractivity contribution is 6.31. The van der Waals surface area contributed by atoms with Crippen LogP contribution in [0.5, 0.6) is 0 Å². The van der Waals surface area contributed by atoms with Gasteiger partial charge in [0.15, 0.2) is 0 Å². The minimum absolute atomic E-state index is 0.237. The standard InChI is InChI=1S/C15H14ClN5O2/c1-9-19-14(20-23-9)13-7-21(4-5-22-13)15-11-3-2-10(16)6-12(11)17-8-18-15/h2-3,6,8,13H,4-5,7H2,1H3/t13-/m1/s1. The van der Waals surface area contributed by atoms with Gasteiger partial charge in [-0.2, -0.15) is 4.98 Å². The first-order valence-corrected chi connectivity index (χ1v) is 7.65. The molecule has 4 rings (SSSR count). The van der Waals surface area contributed by atoms with Crippen molar-refractivity contribution >= 4 is 28.3 Å². The van der Waals surface area contributed by atoms with Crippen LogP contribution >= 0.6 is 11.6 Å². The van der Waals surface area contributed by atoms with Gasteiger partial charge >= 0.3 is 0 Å². The first-order chi connectivity index (χ1) is 11.2. The molecule has 0 aliphatic carbocycles. The molecule has 1 saturated heterocycles. The van der Waals surface area contributed by atoms with Gasteiger partial charge in [-0.3, -0.25) is 0 Å². The highest BCUT2D eigenvalue weighted by Crippen LogP contribution is 2.29. The number of morpholine rings is 1. The molecule has 23 heavy (non-hydrogen) atoms. The Bertz CT molecular complexity index is 853. The van der Waals surface area contributed by atoms with E-state index in [2.05, 4.69) is 25.0 Å². The van der Waals surface area contributed by atoms with Crippen molar-refractivity contribution in [2.24, 2.45) is 0 Å². The average Bonchev–Trinajstić information content (AvgIpc) is 3.01. The number of fused-ring (bicyclic) bond motifs is 1. The van der Waals surface area contributed by atoms with Gasteiger partial charge in [0.2, 0.25) is 11.7 Å². The zero-order valence-electron chi connectivity index (χ0n) is 12.4.